The fraction of sp³-hybridized carbons (Fsp3) is 0.194. The zero-order valence-corrected chi connectivity index (χ0v) is 19.7. The Labute approximate surface area is 192 Å². The van der Waals surface area contributed by atoms with Crippen LogP contribution in [-0.2, 0) is 0 Å². The van der Waals surface area contributed by atoms with Crippen LogP contribution in [0.2, 0.25) is 0 Å². The third-order valence-electron chi connectivity index (χ3n) is 6.39. The molecular weight excluding hydrogens is 386 g/mol. The number of pyridine rings is 1. The lowest BCUT2D eigenvalue weighted by Gasteiger charge is -2.17. The molecule has 0 atom stereocenters. The second-order valence-electron chi connectivity index (χ2n) is 8.55. The molecule has 0 unspecified atom stereocenters. The number of nitrogens with zero attached hydrogens (tertiary/aromatic N) is 1. The molecule has 32 heavy (non-hydrogen) atoms. The minimum absolute atomic E-state index is 1.04. The highest BCUT2D eigenvalue weighted by Crippen LogP contribution is 2.35. The lowest BCUT2D eigenvalue weighted by molar-refractivity contribution is 1.07. The van der Waals surface area contributed by atoms with Gasteiger partial charge in [0.2, 0.25) is 0 Å². The van der Waals surface area contributed by atoms with Crippen LogP contribution < -0.4 is 0 Å². The monoisotopic (exact) mass is 417 g/mol. The molecule has 160 valence electrons. The van der Waals surface area contributed by atoms with Crippen molar-refractivity contribution in [2.45, 2.75) is 41.0 Å². The van der Waals surface area contributed by atoms with Crippen LogP contribution in [0, 0.1) is 13.8 Å². The van der Waals surface area contributed by atoms with Crippen molar-refractivity contribution in [1.82, 2.24) is 4.98 Å². The number of aromatic nitrogens is 1. The van der Waals surface area contributed by atoms with Crippen molar-refractivity contribution in [3.8, 4) is 11.1 Å². The van der Waals surface area contributed by atoms with Gasteiger partial charge in [0.05, 0.1) is 5.52 Å². The van der Waals surface area contributed by atoms with E-state index in [1.165, 1.54) is 49.9 Å². The molecule has 1 heteroatoms. The largest absolute Gasteiger partial charge is 0.253 e. The second kappa shape index (κ2) is 9.36. The van der Waals surface area contributed by atoms with E-state index in [9.17, 15) is 0 Å². The first-order valence-electron chi connectivity index (χ1n) is 11.4. The maximum atomic E-state index is 4.99. The summed E-state index contributed by atoms with van der Waals surface area (Å²) in [6.45, 7) is 10.9. The Kier molecular flexibility index (Phi) is 6.37. The smallest absolute Gasteiger partial charge is 0.0746 e. The second-order valence-corrected chi connectivity index (χ2v) is 8.55. The van der Waals surface area contributed by atoms with E-state index in [4.69, 9.17) is 4.98 Å². The molecule has 0 saturated heterocycles. The summed E-state index contributed by atoms with van der Waals surface area (Å²) in [7, 11) is 0. The molecule has 0 N–H and O–H groups in total. The van der Waals surface area contributed by atoms with Gasteiger partial charge in [-0.25, -0.2) is 0 Å². The molecule has 0 amide bonds. The summed E-state index contributed by atoms with van der Waals surface area (Å²) in [6.07, 6.45) is 3.40. The summed E-state index contributed by atoms with van der Waals surface area (Å²) in [6, 6.07) is 28.0. The van der Waals surface area contributed by atoms with Crippen molar-refractivity contribution in [2.75, 3.05) is 0 Å². The topological polar surface area (TPSA) is 12.9 Å². The van der Waals surface area contributed by atoms with E-state index in [0.29, 0.717) is 0 Å². The molecule has 0 saturated carbocycles. The Morgan fingerprint density at radius 3 is 2.16 bits per heavy atom. The summed E-state index contributed by atoms with van der Waals surface area (Å²) < 4.78 is 0. The Hall–Kier alpha value is -3.45. The number of fused-ring (bicyclic) bond motifs is 1. The summed E-state index contributed by atoms with van der Waals surface area (Å²) >= 11 is 0. The van der Waals surface area contributed by atoms with Crippen LogP contribution in [0.5, 0.6) is 0 Å². The SMILES string of the molecule is CC/C(C)=C(C)/C=C(/c1ccccc1)c1ccc2c(-c3ccccc3)cc(C)nc2c1C. The quantitative estimate of drug-likeness (QED) is 0.296. The van der Waals surface area contributed by atoms with Crippen LogP contribution in [0.25, 0.3) is 27.6 Å². The lowest BCUT2D eigenvalue weighted by atomic mass is 9.89. The first kappa shape index (κ1) is 21.8. The number of benzene rings is 3. The van der Waals surface area contributed by atoms with Crippen molar-refractivity contribution in [3.63, 3.8) is 0 Å². The summed E-state index contributed by atoms with van der Waals surface area (Å²) in [5, 5.41) is 1.20. The maximum absolute atomic E-state index is 4.99. The molecule has 3 aromatic carbocycles. The molecule has 0 bridgehead atoms. The molecule has 0 spiro atoms. The molecule has 0 radical (unpaired) electrons. The van der Waals surface area contributed by atoms with Gasteiger partial charge < -0.3 is 0 Å². The Morgan fingerprint density at radius 1 is 0.844 bits per heavy atom. The van der Waals surface area contributed by atoms with Crippen molar-refractivity contribution >= 4 is 16.5 Å². The van der Waals surface area contributed by atoms with Crippen LogP contribution in [0.3, 0.4) is 0 Å². The summed E-state index contributed by atoms with van der Waals surface area (Å²) in [5.74, 6) is 0. The third-order valence-corrected chi connectivity index (χ3v) is 6.39. The first-order valence-corrected chi connectivity index (χ1v) is 11.4. The molecule has 4 rings (SSSR count). The molecule has 0 aliphatic rings. The van der Waals surface area contributed by atoms with Crippen molar-refractivity contribution in [2.24, 2.45) is 0 Å². The van der Waals surface area contributed by atoms with Gasteiger partial charge in [-0.15, -0.1) is 0 Å². The summed E-state index contributed by atoms with van der Waals surface area (Å²) in [4.78, 5) is 4.99. The van der Waals surface area contributed by atoms with Crippen LogP contribution in [-0.4, -0.2) is 4.98 Å². The molecule has 0 fully saturated rings. The van der Waals surface area contributed by atoms with Crippen LogP contribution in [0.15, 0.2) is 96.1 Å². The minimum atomic E-state index is 1.04. The minimum Gasteiger partial charge on any atom is -0.253 e. The fourth-order valence-corrected chi connectivity index (χ4v) is 4.26. The number of aryl methyl sites for hydroxylation is 2. The molecule has 1 nitrogen and oxygen atoms in total. The van der Waals surface area contributed by atoms with Gasteiger partial charge in [0.25, 0.3) is 0 Å². The van der Waals surface area contributed by atoms with Crippen LogP contribution in [0.1, 0.15) is 49.6 Å². The van der Waals surface area contributed by atoms with Gasteiger partial charge >= 0.3 is 0 Å². The standard InChI is InChI=1S/C31H31N/c1-6-21(2)22(3)19-29(25-13-9-7-10-14-25)27-17-18-28-30(26-15-11-8-12-16-26)20-23(4)32-31(28)24(27)5/h7-20H,6H2,1-5H3/b22-21+,29-19-. The van der Waals surface area contributed by atoms with E-state index in [-0.39, 0.29) is 0 Å². The molecular formula is C31H31N. The van der Waals surface area contributed by atoms with Crippen LogP contribution in [0.4, 0.5) is 0 Å². The lowest BCUT2D eigenvalue weighted by Crippen LogP contribution is -1.97. The average Bonchev–Trinajstić information content (AvgIpc) is 2.83. The van der Waals surface area contributed by atoms with Gasteiger partial charge in [0.15, 0.2) is 0 Å². The van der Waals surface area contributed by atoms with Gasteiger partial charge in [-0.05, 0) is 73.6 Å². The highest BCUT2D eigenvalue weighted by molar-refractivity contribution is 5.99. The van der Waals surface area contributed by atoms with E-state index in [2.05, 4.69) is 120 Å². The Balaban J connectivity index is 1.99. The zero-order chi connectivity index (χ0) is 22.7. The number of hydrogen-bond acceptors (Lipinski definition) is 1. The number of rotatable bonds is 5. The number of allylic oxidation sites excluding steroid dienone is 3. The highest BCUT2D eigenvalue weighted by atomic mass is 14.7. The molecule has 0 aliphatic carbocycles. The van der Waals surface area contributed by atoms with E-state index in [1.54, 1.807) is 0 Å². The van der Waals surface area contributed by atoms with Gasteiger partial charge in [-0.2, -0.15) is 0 Å². The van der Waals surface area contributed by atoms with E-state index in [0.717, 1.165) is 17.6 Å². The molecule has 0 aliphatic heterocycles. The van der Waals surface area contributed by atoms with Crippen molar-refractivity contribution < 1.29 is 0 Å². The van der Waals surface area contributed by atoms with Gasteiger partial charge in [-0.1, -0.05) is 96.9 Å². The molecule has 4 aromatic rings. The van der Waals surface area contributed by atoms with Gasteiger partial charge in [0.1, 0.15) is 0 Å². The molecule has 1 aromatic heterocycles. The van der Waals surface area contributed by atoms with Crippen molar-refractivity contribution in [3.05, 3.63) is 118 Å². The Morgan fingerprint density at radius 2 is 1.50 bits per heavy atom. The third kappa shape index (κ3) is 4.29. The van der Waals surface area contributed by atoms with Crippen LogP contribution >= 0.6 is 0 Å². The average molecular weight is 418 g/mol. The maximum Gasteiger partial charge on any atom is 0.0746 e. The van der Waals surface area contributed by atoms with E-state index in [1.807, 2.05) is 0 Å². The Bertz CT molecular complexity index is 1310. The highest BCUT2D eigenvalue weighted by Gasteiger charge is 2.15. The first-order chi connectivity index (χ1) is 15.5. The van der Waals surface area contributed by atoms with E-state index < -0.39 is 0 Å². The van der Waals surface area contributed by atoms with Gasteiger partial charge in [0, 0.05) is 11.1 Å². The number of hydrogen-bond donors (Lipinski definition) is 0. The predicted octanol–water partition coefficient (Wildman–Crippen LogP) is 8.70. The summed E-state index contributed by atoms with van der Waals surface area (Å²) in [5.41, 5.74) is 12.3. The normalized spacial score (nSPS) is 12.7. The molecule has 1 heterocycles. The van der Waals surface area contributed by atoms with Gasteiger partial charge in [-0.3, -0.25) is 4.98 Å². The van der Waals surface area contributed by atoms with E-state index >= 15 is 0 Å². The van der Waals surface area contributed by atoms with Crippen molar-refractivity contribution in [1.29, 1.82) is 0 Å². The zero-order valence-electron chi connectivity index (χ0n) is 19.7. The fourth-order valence-electron chi connectivity index (χ4n) is 4.26. The predicted molar refractivity (Wildman–Crippen MR) is 139 cm³/mol.